The molecule has 0 aromatic heterocycles. The quantitative estimate of drug-likeness (QED) is 0.846. The van der Waals surface area contributed by atoms with Gasteiger partial charge < -0.3 is 11.1 Å². The number of hydrogen-bond donors (Lipinski definition) is 2. The molecule has 0 bridgehead atoms. The largest absolute Gasteiger partial charge is 0.355 e. The number of nitrogens with two attached hydrogens (primary N) is 1. The molecule has 5 heteroatoms. The molecule has 1 aromatic carbocycles. The van der Waals surface area contributed by atoms with Crippen LogP contribution in [-0.2, 0) is 11.2 Å². The zero-order valence-electron chi connectivity index (χ0n) is 8.20. The molecule has 0 fully saturated rings. The first-order valence-corrected chi connectivity index (χ1v) is 4.81. The van der Waals surface area contributed by atoms with Gasteiger partial charge in [-0.1, -0.05) is 23.7 Å². The number of rotatable bonds is 4. The number of benzene rings is 1. The summed E-state index contributed by atoms with van der Waals surface area (Å²) in [5, 5.41) is 3.38. The predicted octanol–water partition coefficient (Wildman–Crippen LogP) is 1.38. The summed E-state index contributed by atoms with van der Waals surface area (Å²) < 4.78 is 0. The Morgan fingerprint density at radius 2 is 1.93 bits per heavy atom. The van der Waals surface area contributed by atoms with Crippen LogP contribution in [0.2, 0.25) is 5.02 Å². The summed E-state index contributed by atoms with van der Waals surface area (Å²) in [4.78, 5) is 11.3. The summed E-state index contributed by atoms with van der Waals surface area (Å²) in [5.41, 5.74) is 6.21. The summed E-state index contributed by atoms with van der Waals surface area (Å²) in [5.74, 6) is -0.0160. The maximum atomic E-state index is 11.3. The van der Waals surface area contributed by atoms with Gasteiger partial charge >= 0.3 is 0 Å². The Morgan fingerprint density at radius 1 is 1.33 bits per heavy atom. The summed E-state index contributed by atoms with van der Waals surface area (Å²) in [6.45, 7) is 0.985. The van der Waals surface area contributed by atoms with Crippen molar-refractivity contribution in [2.45, 2.75) is 6.42 Å². The van der Waals surface area contributed by atoms with E-state index in [0.29, 0.717) is 24.5 Å². The van der Waals surface area contributed by atoms with Gasteiger partial charge in [-0.05, 0) is 17.7 Å². The van der Waals surface area contributed by atoms with Crippen molar-refractivity contribution in [3.63, 3.8) is 0 Å². The van der Waals surface area contributed by atoms with Crippen molar-refractivity contribution in [3.05, 3.63) is 34.9 Å². The molecule has 15 heavy (non-hydrogen) atoms. The van der Waals surface area contributed by atoms with Crippen LogP contribution in [0.3, 0.4) is 0 Å². The molecule has 0 saturated heterocycles. The fraction of sp³-hybridized carbons (Fsp3) is 0.300. The van der Waals surface area contributed by atoms with E-state index in [-0.39, 0.29) is 18.3 Å². The van der Waals surface area contributed by atoms with Crippen molar-refractivity contribution in [3.8, 4) is 0 Å². The molecule has 0 saturated carbocycles. The monoisotopic (exact) mass is 248 g/mol. The minimum atomic E-state index is -0.0160. The van der Waals surface area contributed by atoms with Gasteiger partial charge in [-0.25, -0.2) is 0 Å². The van der Waals surface area contributed by atoms with E-state index in [1.54, 1.807) is 12.1 Å². The van der Waals surface area contributed by atoms with Crippen LogP contribution in [0.25, 0.3) is 0 Å². The lowest BCUT2D eigenvalue weighted by Gasteiger charge is -2.03. The second-order valence-corrected chi connectivity index (χ2v) is 3.38. The highest BCUT2D eigenvalue weighted by Crippen LogP contribution is 2.09. The summed E-state index contributed by atoms with van der Waals surface area (Å²) in [6, 6.07) is 7.22. The molecular weight excluding hydrogens is 235 g/mol. The maximum Gasteiger partial charge on any atom is 0.224 e. The number of amides is 1. The van der Waals surface area contributed by atoms with Crippen LogP contribution in [0.5, 0.6) is 0 Å². The second kappa shape index (κ2) is 7.51. The zero-order chi connectivity index (χ0) is 10.4. The SMILES string of the molecule is Cl.NCCNC(=O)Cc1ccc(Cl)cc1. The molecule has 0 spiro atoms. The van der Waals surface area contributed by atoms with Crippen molar-refractivity contribution in [2.75, 3.05) is 13.1 Å². The minimum Gasteiger partial charge on any atom is -0.355 e. The van der Waals surface area contributed by atoms with E-state index in [9.17, 15) is 4.79 Å². The lowest BCUT2D eigenvalue weighted by atomic mass is 10.1. The van der Waals surface area contributed by atoms with Crippen LogP contribution in [0.4, 0.5) is 0 Å². The molecule has 84 valence electrons. The van der Waals surface area contributed by atoms with Crippen LogP contribution in [-0.4, -0.2) is 19.0 Å². The molecule has 0 aliphatic heterocycles. The number of carbonyl (C=O) groups is 1. The van der Waals surface area contributed by atoms with E-state index in [4.69, 9.17) is 17.3 Å². The molecule has 1 amide bonds. The van der Waals surface area contributed by atoms with Gasteiger partial charge in [-0.3, -0.25) is 4.79 Å². The molecule has 0 radical (unpaired) electrons. The Labute approximate surface area is 100 Å². The molecule has 0 aliphatic carbocycles. The van der Waals surface area contributed by atoms with Gasteiger partial charge in [0.1, 0.15) is 0 Å². The molecule has 1 rings (SSSR count). The predicted molar refractivity (Wildman–Crippen MR) is 64.5 cm³/mol. The summed E-state index contributed by atoms with van der Waals surface area (Å²) in [7, 11) is 0. The molecule has 0 unspecified atom stereocenters. The van der Waals surface area contributed by atoms with E-state index in [1.807, 2.05) is 12.1 Å². The number of halogens is 2. The first-order chi connectivity index (χ1) is 6.72. The van der Waals surface area contributed by atoms with Crippen LogP contribution >= 0.6 is 24.0 Å². The van der Waals surface area contributed by atoms with Gasteiger partial charge in [0.25, 0.3) is 0 Å². The standard InChI is InChI=1S/C10H13ClN2O.ClH/c11-9-3-1-8(2-4-9)7-10(14)13-6-5-12;/h1-4H,5-7,12H2,(H,13,14);1H. The van der Waals surface area contributed by atoms with Gasteiger partial charge in [-0.15, -0.1) is 12.4 Å². The molecule has 0 atom stereocenters. The lowest BCUT2D eigenvalue weighted by molar-refractivity contribution is -0.120. The first-order valence-electron chi connectivity index (χ1n) is 4.43. The Hall–Kier alpha value is -0.770. The fourth-order valence-electron chi connectivity index (χ4n) is 1.06. The van der Waals surface area contributed by atoms with E-state index < -0.39 is 0 Å². The van der Waals surface area contributed by atoms with Gasteiger partial charge in [-0.2, -0.15) is 0 Å². The third-order valence-corrected chi connectivity index (χ3v) is 2.00. The first kappa shape index (κ1) is 14.2. The molecule has 1 aromatic rings. The average Bonchev–Trinajstić information content (AvgIpc) is 2.18. The number of hydrogen-bond acceptors (Lipinski definition) is 2. The van der Waals surface area contributed by atoms with Gasteiger partial charge in [0, 0.05) is 18.1 Å². The van der Waals surface area contributed by atoms with Crippen molar-refractivity contribution < 1.29 is 4.79 Å². The zero-order valence-corrected chi connectivity index (χ0v) is 9.77. The highest BCUT2D eigenvalue weighted by molar-refractivity contribution is 6.30. The Morgan fingerprint density at radius 3 is 2.47 bits per heavy atom. The van der Waals surface area contributed by atoms with E-state index >= 15 is 0 Å². The maximum absolute atomic E-state index is 11.3. The van der Waals surface area contributed by atoms with Crippen LogP contribution in [0.15, 0.2) is 24.3 Å². The van der Waals surface area contributed by atoms with Crippen molar-refractivity contribution >= 4 is 29.9 Å². The summed E-state index contributed by atoms with van der Waals surface area (Å²) >= 11 is 5.71. The smallest absolute Gasteiger partial charge is 0.224 e. The summed E-state index contributed by atoms with van der Waals surface area (Å²) in [6.07, 6.45) is 0.372. The van der Waals surface area contributed by atoms with Crippen LogP contribution in [0.1, 0.15) is 5.56 Å². The third kappa shape index (κ3) is 5.62. The lowest BCUT2D eigenvalue weighted by Crippen LogP contribution is -2.30. The van der Waals surface area contributed by atoms with Crippen LogP contribution < -0.4 is 11.1 Å². The molecule has 3 nitrogen and oxygen atoms in total. The average molecular weight is 249 g/mol. The highest BCUT2D eigenvalue weighted by atomic mass is 35.5. The van der Waals surface area contributed by atoms with Crippen molar-refractivity contribution in [2.24, 2.45) is 5.73 Å². The normalized spacial score (nSPS) is 9.20. The van der Waals surface area contributed by atoms with Gasteiger partial charge in [0.15, 0.2) is 0 Å². The van der Waals surface area contributed by atoms with Gasteiger partial charge in [0.2, 0.25) is 5.91 Å². The van der Waals surface area contributed by atoms with Crippen LogP contribution in [0, 0.1) is 0 Å². The number of nitrogens with one attached hydrogen (secondary N) is 1. The molecule has 3 N–H and O–H groups in total. The van der Waals surface area contributed by atoms with E-state index in [1.165, 1.54) is 0 Å². The molecular formula is C10H14Cl2N2O. The Bertz CT molecular complexity index is 301. The molecule has 0 heterocycles. The van der Waals surface area contributed by atoms with E-state index in [2.05, 4.69) is 5.32 Å². The van der Waals surface area contributed by atoms with E-state index in [0.717, 1.165) is 5.56 Å². The molecule has 0 aliphatic rings. The van der Waals surface area contributed by atoms with Crippen molar-refractivity contribution in [1.29, 1.82) is 0 Å². The van der Waals surface area contributed by atoms with Crippen molar-refractivity contribution in [1.82, 2.24) is 5.32 Å². The Kier molecular flexibility index (Phi) is 7.13. The topological polar surface area (TPSA) is 55.1 Å². The Balaban J connectivity index is 0.00000196. The second-order valence-electron chi connectivity index (χ2n) is 2.94. The van der Waals surface area contributed by atoms with Gasteiger partial charge in [0.05, 0.1) is 6.42 Å². The third-order valence-electron chi connectivity index (χ3n) is 1.74. The minimum absolute atomic E-state index is 0. The number of carbonyl (C=O) groups excluding carboxylic acids is 1. The highest BCUT2D eigenvalue weighted by Gasteiger charge is 2.01. The fourth-order valence-corrected chi connectivity index (χ4v) is 1.19.